The van der Waals surface area contributed by atoms with Gasteiger partial charge in [-0.1, -0.05) is 43.3 Å². The number of carbonyl (C=O) groups is 1. The summed E-state index contributed by atoms with van der Waals surface area (Å²) in [6, 6.07) is 8.15. The fourth-order valence-corrected chi connectivity index (χ4v) is 2.28. The number of hydrogen-bond donors (Lipinski definition) is 1. The lowest BCUT2D eigenvalue weighted by Crippen LogP contribution is -2.39. The number of rotatable bonds is 7. The molecule has 0 fully saturated rings. The van der Waals surface area contributed by atoms with Crippen LogP contribution in [-0.4, -0.2) is 40.6 Å². The van der Waals surface area contributed by atoms with Crippen LogP contribution in [-0.2, 0) is 11.2 Å². The molecule has 2 aromatic rings. The molecule has 130 valence electrons. The smallest absolute Gasteiger partial charge is 0.227 e. The standard InChI is InChI=1S/C18H26N4O2/c1-12(2)14-5-7-15(8-6-14)18-20-16(24-21-18)9-10-17(23)22(4)13(3)11-19/h5-8,12-13H,9-11,19H2,1-4H3. The third kappa shape index (κ3) is 4.41. The number of carbonyl (C=O) groups excluding carboxylic acids is 1. The van der Waals surface area contributed by atoms with Gasteiger partial charge in [0.1, 0.15) is 0 Å². The van der Waals surface area contributed by atoms with Crippen LogP contribution >= 0.6 is 0 Å². The monoisotopic (exact) mass is 330 g/mol. The molecule has 1 unspecified atom stereocenters. The van der Waals surface area contributed by atoms with Gasteiger partial charge in [0, 0.05) is 38.0 Å². The summed E-state index contributed by atoms with van der Waals surface area (Å²) in [4.78, 5) is 18.1. The highest BCUT2D eigenvalue weighted by Gasteiger charge is 2.16. The highest BCUT2D eigenvalue weighted by molar-refractivity contribution is 5.76. The Labute approximate surface area is 143 Å². The molecular formula is C18H26N4O2. The molecule has 1 aromatic carbocycles. The lowest BCUT2D eigenvalue weighted by atomic mass is 10.0. The van der Waals surface area contributed by atoms with E-state index >= 15 is 0 Å². The summed E-state index contributed by atoms with van der Waals surface area (Å²) < 4.78 is 5.26. The number of nitrogens with two attached hydrogens (primary N) is 1. The quantitative estimate of drug-likeness (QED) is 0.843. The summed E-state index contributed by atoms with van der Waals surface area (Å²) in [5, 5.41) is 4.00. The van der Waals surface area contributed by atoms with Crippen molar-refractivity contribution >= 4 is 5.91 Å². The first-order chi connectivity index (χ1) is 11.4. The van der Waals surface area contributed by atoms with Crippen LogP contribution in [0.1, 0.15) is 44.6 Å². The number of amides is 1. The Kier molecular flexibility index (Phi) is 6.09. The summed E-state index contributed by atoms with van der Waals surface area (Å²) in [5.41, 5.74) is 7.76. The molecule has 0 aliphatic carbocycles. The van der Waals surface area contributed by atoms with Crippen molar-refractivity contribution in [3.05, 3.63) is 35.7 Å². The van der Waals surface area contributed by atoms with Crippen LogP contribution in [0.5, 0.6) is 0 Å². The van der Waals surface area contributed by atoms with Crippen LogP contribution in [0, 0.1) is 0 Å². The van der Waals surface area contributed by atoms with Crippen LogP contribution in [0.25, 0.3) is 11.4 Å². The predicted octanol–water partition coefficient (Wildman–Crippen LogP) is 2.60. The van der Waals surface area contributed by atoms with E-state index in [4.69, 9.17) is 10.3 Å². The zero-order chi connectivity index (χ0) is 17.7. The molecule has 6 heteroatoms. The van der Waals surface area contributed by atoms with E-state index < -0.39 is 0 Å². The lowest BCUT2D eigenvalue weighted by molar-refractivity contribution is -0.131. The van der Waals surface area contributed by atoms with E-state index in [-0.39, 0.29) is 11.9 Å². The SMILES string of the molecule is CC(C)c1ccc(-c2noc(CCC(=O)N(C)C(C)CN)n2)cc1. The Bertz CT molecular complexity index is 664. The van der Waals surface area contributed by atoms with Crippen LogP contribution in [0.4, 0.5) is 0 Å². The van der Waals surface area contributed by atoms with Crippen molar-refractivity contribution in [2.75, 3.05) is 13.6 Å². The molecule has 2 N–H and O–H groups in total. The largest absolute Gasteiger partial charge is 0.342 e. The predicted molar refractivity (Wildman–Crippen MR) is 93.4 cm³/mol. The van der Waals surface area contributed by atoms with Gasteiger partial charge in [0.25, 0.3) is 0 Å². The fraction of sp³-hybridized carbons (Fsp3) is 0.500. The molecule has 24 heavy (non-hydrogen) atoms. The van der Waals surface area contributed by atoms with Crippen molar-refractivity contribution in [2.24, 2.45) is 5.73 Å². The van der Waals surface area contributed by atoms with Gasteiger partial charge in [-0.05, 0) is 18.4 Å². The van der Waals surface area contributed by atoms with Gasteiger partial charge in [-0.15, -0.1) is 0 Å². The van der Waals surface area contributed by atoms with E-state index in [2.05, 4.69) is 36.1 Å². The second-order valence-corrected chi connectivity index (χ2v) is 6.38. The number of aryl methyl sites for hydroxylation is 1. The number of nitrogens with zero attached hydrogens (tertiary/aromatic N) is 3. The van der Waals surface area contributed by atoms with Crippen molar-refractivity contribution in [1.29, 1.82) is 0 Å². The van der Waals surface area contributed by atoms with E-state index in [0.29, 0.717) is 37.0 Å². The van der Waals surface area contributed by atoms with Crippen molar-refractivity contribution in [1.82, 2.24) is 15.0 Å². The Morgan fingerprint density at radius 3 is 2.50 bits per heavy atom. The Morgan fingerprint density at radius 2 is 1.92 bits per heavy atom. The molecule has 0 aliphatic rings. The summed E-state index contributed by atoms with van der Waals surface area (Å²) in [5.74, 6) is 1.53. The zero-order valence-electron chi connectivity index (χ0n) is 14.8. The number of hydrogen-bond acceptors (Lipinski definition) is 5. The van der Waals surface area contributed by atoms with Crippen LogP contribution < -0.4 is 5.73 Å². The molecule has 0 saturated carbocycles. The number of benzene rings is 1. The molecule has 6 nitrogen and oxygen atoms in total. The van der Waals surface area contributed by atoms with E-state index in [0.717, 1.165) is 5.56 Å². The van der Waals surface area contributed by atoms with E-state index in [1.54, 1.807) is 11.9 Å². The van der Waals surface area contributed by atoms with E-state index in [9.17, 15) is 4.79 Å². The Hall–Kier alpha value is -2.21. The third-order valence-corrected chi connectivity index (χ3v) is 4.25. The first kappa shape index (κ1) is 18.1. The molecule has 2 rings (SSSR count). The van der Waals surface area contributed by atoms with Gasteiger partial charge in [0.2, 0.25) is 17.6 Å². The first-order valence-electron chi connectivity index (χ1n) is 8.31. The van der Waals surface area contributed by atoms with Crippen molar-refractivity contribution in [3.63, 3.8) is 0 Å². The van der Waals surface area contributed by atoms with Gasteiger partial charge < -0.3 is 15.2 Å². The molecule has 1 heterocycles. The average Bonchev–Trinajstić information content (AvgIpc) is 3.07. The van der Waals surface area contributed by atoms with Crippen LogP contribution in [0.2, 0.25) is 0 Å². The molecule has 0 spiro atoms. The van der Waals surface area contributed by atoms with Crippen LogP contribution in [0.3, 0.4) is 0 Å². The minimum Gasteiger partial charge on any atom is -0.342 e. The second-order valence-electron chi connectivity index (χ2n) is 6.38. The topological polar surface area (TPSA) is 85.2 Å². The summed E-state index contributed by atoms with van der Waals surface area (Å²) in [6.45, 7) is 6.67. The first-order valence-corrected chi connectivity index (χ1v) is 8.31. The minimum atomic E-state index is 0.0222. The van der Waals surface area contributed by atoms with Gasteiger partial charge in [-0.2, -0.15) is 4.98 Å². The Morgan fingerprint density at radius 1 is 1.25 bits per heavy atom. The summed E-state index contributed by atoms with van der Waals surface area (Å²) in [7, 11) is 1.76. The molecule has 1 atom stereocenters. The molecule has 1 aromatic heterocycles. The van der Waals surface area contributed by atoms with Gasteiger partial charge in [0.05, 0.1) is 0 Å². The summed E-state index contributed by atoms with van der Waals surface area (Å²) >= 11 is 0. The fourth-order valence-electron chi connectivity index (χ4n) is 2.28. The maximum absolute atomic E-state index is 12.1. The second kappa shape index (κ2) is 8.06. The summed E-state index contributed by atoms with van der Waals surface area (Å²) in [6.07, 6.45) is 0.756. The van der Waals surface area contributed by atoms with Crippen LogP contribution in [0.15, 0.2) is 28.8 Å². The molecule has 1 amide bonds. The Balaban J connectivity index is 1.97. The highest BCUT2D eigenvalue weighted by atomic mass is 16.5. The molecular weight excluding hydrogens is 304 g/mol. The molecule has 0 bridgehead atoms. The van der Waals surface area contributed by atoms with Gasteiger partial charge in [-0.3, -0.25) is 4.79 Å². The maximum atomic E-state index is 12.1. The average molecular weight is 330 g/mol. The minimum absolute atomic E-state index is 0.0222. The van der Waals surface area contributed by atoms with Gasteiger partial charge in [0.15, 0.2) is 0 Å². The highest BCUT2D eigenvalue weighted by Crippen LogP contribution is 2.20. The van der Waals surface area contributed by atoms with Crippen molar-refractivity contribution in [2.45, 2.75) is 45.6 Å². The molecule has 0 saturated heterocycles. The van der Waals surface area contributed by atoms with Crippen molar-refractivity contribution < 1.29 is 9.32 Å². The van der Waals surface area contributed by atoms with E-state index in [1.165, 1.54) is 5.56 Å². The lowest BCUT2D eigenvalue weighted by Gasteiger charge is -2.23. The number of aromatic nitrogens is 2. The number of likely N-dealkylation sites (N-methyl/N-ethyl adjacent to an activating group) is 1. The molecule has 0 radical (unpaired) electrons. The normalized spacial score (nSPS) is 12.4. The van der Waals surface area contributed by atoms with Crippen molar-refractivity contribution in [3.8, 4) is 11.4 Å². The zero-order valence-corrected chi connectivity index (χ0v) is 14.8. The third-order valence-electron chi connectivity index (χ3n) is 4.25. The maximum Gasteiger partial charge on any atom is 0.227 e. The molecule has 0 aliphatic heterocycles. The van der Waals surface area contributed by atoms with Gasteiger partial charge >= 0.3 is 0 Å². The van der Waals surface area contributed by atoms with Gasteiger partial charge in [-0.25, -0.2) is 0 Å². The van der Waals surface area contributed by atoms with E-state index in [1.807, 2.05) is 19.1 Å².